The molecule has 1 saturated heterocycles. The minimum Gasteiger partial charge on any atom is -0.493 e. The number of rotatable bonds is 9. The minimum absolute atomic E-state index is 0.0681. The number of imide groups is 1. The lowest BCUT2D eigenvalue weighted by molar-refractivity contribution is -0.127. The summed E-state index contributed by atoms with van der Waals surface area (Å²) in [5.74, 6) is -5.42. The summed E-state index contributed by atoms with van der Waals surface area (Å²) in [7, 11) is 1.48. The van der Waals surface area contributed by atoms with Crippen molar-refractivity contribution in [2.45, 2.75) is 19.8 Å². The van der Waals surface area contributed by atoms with E-state index in [1.807, 2.05) is 12.2 Å². The molecule has 3 rings (SSSR count). The first-order valence-electron chi connectivity index (χ1n) is 10.2. The Hall–Kier alpha value is -3.47. The third-order valence-corrected chi connectivity index (χ3v) is 5.63. The van der Waals surface area contributed by atoms with Crippen molar-refractivity contribution in [3.63, 3.8) is 0 Å². The Morgan fingerprint density at radius 1 is 1.12 bits per heavy atom. The standard InChI is InChI=1S/C23H21F3N2O5S/c1-3-4-9-33-16-8-5-13(10-17(16)32-2)11-18-22(30)28(23(31)34-18)12-19(29)27-15-7-6-14(24)20(25)21(15)26/h5-8,10-11H,3-4,9,12H2,1-2H3,(H,27,29)/b18-11-. The van der Waals surface area contributed by atoms with Gasteiger partial charge in [-0.2, -0.15) is 0 Å². The fraction of sp³-hybridized carbons (Fsp3) is 0.261. The maximum Gasteiger partial charge on any atom is 0.294 e. The van der Waals surface area contributed by atoms with Gasteiger partial charge in [-0.15, -0.1) is 0 Å². The zero-order chi connectivity index (χ0) is 24.8. The van der Waals surface area contributed by atoms with Crippen LogP contribution in [0.15, 0.2) is 35.2 Å². The summed E-state index contributed by atoms with van der Waals surface area (Å²) in [6.45, 7) is 1.84. The lowest BCUT2D eigenvalue weighted by atomic mass is 10.2. The van der Waals surface area contributed by atoms with Gasteiger partial charge in [0.05, 0.1) is 24.3 Å². The SMILES string of the molecule is CCCCOc1ccc(/C=C2\SC(=O)N(CC(=O)Nc3ccc(F)c(F)c3F)C2=O)cc1OC. The number of anilines is 1. The van der Waals surface area contributed by atoms with Gasteiger partial charge < -0.3 is 14.8 Å². The van der Waals surface area contributed by atoms with Crippen molar-refractivity contribution in [2.75, 3.05) is 25.6 Å². The van der Waals surface area contributed by atoms with Crippen LogP contribution in [-0.4, -0.2) is 42.2 Å². The number of amides is 3. The van der Waals surface area contributed by atoms with Crippen LogP contribution in [-0.2, 0) is 9.59 Å². The van der Waals surface area contributed by atoms with E-state index in [4.69, 9.17) is 9.47 Å². The number of methoxy groups -OCH3 is 1. The number of unbranched alkanes of at least 4 members (excludes halogenated alkanes) is 1. The molecule has 3 amide bonds. The van der Waals surface area contributed by atoms with Crippen LogP contribution in [0.4, 0.5) is 23.7 Å². The molecule has 1 aliphatic rings. The number of halogens is 3. The van der Waals surface area contributed by atoms with E-state index in [1.165, 1.54) is 13.2 Å². The molecule has 11 heteroatoms. The van der Waals surface area contributed by atoms with E-state index in [0.29, 0.717) is 46.4 Å². The third-order valence-electron chi connectivity index (χ3n) is 4.73. The highest BCUT2D eigenvalue weighted by Gasteiger charge is 2.36. The second-order valence-corrected chi connectivity index (χ2v) is 8.14. The molecule has 0 unspecified atom stereocenters. The van der Waals surface area contributed by atoms with Gasteiger partial charge in [-0.05, 0) is 54.1 Å². The molecular weight excluding hydrogens is 473 g/mol. The van der Waals surface area contributed by atoms with Crippen LogP contribution in [0.5, 0.6) is 11.5 Å². The average molecular weight is 494 g/mol. The summed E-state index contributed by atoms with van der Waals surface area (Å²) in [5, 5.41) is 1.32. The van der Waals surface area contributed by atoms with Crippen molar-refractivity contribution in [3.8, 4) is 11.5 Å². The summed E-state index contributed by atoms with van der Waals surface area (Å²) in [5.41, 5.74) is -0.0433. The molecule has 0 atom stereocenters. The van der Waals surface area contributed by atoms with Crippen molar-refractivity contribution in [1.29, 1.82) is 0 Å². The van der Waals surface area contributed by atoms with Gasteiger partial charge in [0.15, 0.2) is 29.0 Å². The first-order chi connectivity index (χ1) is 16.2. The number of thioether (sulfide) groups is 1. The molecule has 2 aromatic rings. The summed E-state index contributed by atoms with van der Waals surface area (Å²) in [4.78, 5) is 37.9. The second-order valence-electron chi connectivity index (χ2n) is 7.15. The van der Waals surface area contributed by atoms with Crippen LogP contribution in [0, 0.1) is 17.5 Å². The van der Waals surface area contributed by atoms with E-state index >= 15 is 0 Å². The molecule has 0 saturated carbocycles. The smallest absolute Gasteiger partial charge is 0.294 e. The fourth-order valence-corrected chi connectivity index (χ4v) is 3.80. The number of nitrogens with zero attached hydrogens (tertiary/aromatic N) is 1. The van der Waals surface area contributed by atoms with E-state index in [0.717, 1.165) is 18.9 Å². The van der Waals surface area contributed by atoms with E-state index in [9.17, 15) is 27.6 Å². The summed E-state index contributed by atoms with van der Waals surface area (Å²) < 4.78 is 51.1. The molecule has 0 aromatic heterocycles. The van der Waals surface area contributed by atoms with Crippen LogP contribution in [0.2, 0.25) is 0 Å². The number of benzene rings is 2. The van der Waals surface area contributed by atoms with E-state index in [2.05, 4.69) is 0 Å². The molecule has 1 fully saturated rings. The number of nitrogens with one attached hydrogen (secondary N) is 1. The van der Waals surface area contributed by atoms with Gasteiger partial charge in [0, 0.05) is 0 Å². The number of carbonyl (C=O) groups excluding carboxylic acids is 3. The summed E-state index contributed by atoms with van der Waals surface area (Å²) >= 11 is 0.630. The summed E-state index contributed by atoms with van der Waals surface area (Å²) in [6.07, 6.45) is 3.33. The van der Waals surface area contributed by atoms with Gasteiger partial charge >= 0.3 is 0 Å². The highest BCUT2D eigenvalue weighted by molar-refractivity contribution is 8.18. The van der Waals surface area contributed by atoms with Crippen molar-refractivity contribution >= 4 is 40.6 Å². The van der Waals surface area contributed by atoms with Crippen LogP contribution in [0.1, 0.15) is 25.3 Å². The topological polar surface area (TPSA) is 84.9 Å². The largest absolute Gasteiger partial charge is 0.493 e. The molecule has 180 valence electrons. The highest BCUT2D eigenvalue weighted by Crippen LogP contribution is 2.34. The monoisotopic (exact) mass is 494 g/mol. The predicted octanol–water partition coefficient (Wildman–Crippen LogP) is 4.97. The van der Waals surface area contributed by atoms with Gasteiger partial charge in [0.1, 0.15) is 6.54 Å². The van der Waals surface area contributed by atoms with Gasteiger partial charge in [-0.25, -0.2) is 13.2 Å². The normalized spacial score (nSPS) is 14.6. The quantitative estimate of drug-likeness (QED) is 0.301. The van der Waals surface area contributed by atoms with E-state index < -0.39 is 46.7 Å². The molecular formula is C23H21F3N2O5S. The lowest BCUT2D eigenvalue weighted by Gasteiger charge is -2.13. The molecule has 1 N–H and O–H groups in total. The van der Waals surface area contributed by atoms with Crippen LogP contribution in [0.25, 0.3) is 6.08 Å². The molecule has 1 heterocycles. The fourth-order valence-electron chi connectivity index (χ4n) is 2.96. The van der Waals surface area contributed by atoms with Crippen molar-refractivity contribution in [3.05, 3.63) is 58.3 Å². The maximum absolute atomic E-state index is 13.8. The zero-order valence-corrected chi connectivity index (χ0v) is 19.1. The second kappa shape index (κ2) is 11.1. The van der Waals surface area contributed by atoms with Crippen molar-refractivity contribution in [1.82, 2.24) is 4.90 Å². The van der Waals surface area contributed by atoms with Gasteiger partial charge in [0.25, 0.3) is 11.1 Å². The number of ether oxygens (including phenoxy) is 2. The maximum atomic E-state index is 13.8. The van der Waals surface area contributed by atoms with Crippen LogP contribution < -0.4 is 14.8 Å². The molecule has 34 heavy (non-hydrogen) atoms. The first kappa shape index (κ1) is 25.2. The Labute approximate surface area is 197 Å². The predicted molar refractivity (Wildman–Crippen MR) is 121 cm³/mol. The third kappa shape index (κ3) is 5.71. The Morgan fingerprint density at radius 2 is 1.88 bits per heavy atom. The first-order valence-corrected chi connectivity index (χ1v) is 11.1. The van der Waals surface area contributed by atoms with Gasteiger partial charge in [0.2, 0.25) is 5.91 Å². The lowest BCUT2D eigenvalue weighted by Crippen LogP contribution is -2.36. The minimum atomic E-state index is -1.75. The number of carbonyl (C=O) groups is 3. The Morgan fingerprint density at radius 3 is 2.59 bits per heavy atom. The molecule has 0 spiro atoms. The number of hydrogen-bond acceptors (Lipinski definition) is 6. The van der Waals surface area contributed by atoms with Crippen LogP contribution in [0.3, 0.4) is 0 Å². The Kier molecular flexibility index (Phi) is 8.21. The molecule has 0 aliphatic carbocycles. The molecule has 2 aromatic carbocycles. The Bertz CT molecular complexity index is 1160. The highest BCUT2D eigenvalue weighted by atomic mass is 32.2. The number of hydrogen-bond donors (Lipinski definition) is 1. The molecule has 7 nitrogen and oxygen atoms in total. The molecule has 0 bridgehead atoms. The Balaban J connectivity index is 1.70. The van der Waals surface area contributed by atoms with Crippen molar-refractivity contribution in [2.24, 2.45) is 0 Å². The molecule has 0 radical (unpaired) electrons. The zero-order valence-electron chi connectivity index (χ0n) is 18.3. The molecule has 1 aliphatic heterocycles. The van der Waals surface area contributed by atoms with E-state index in [-0.39, 0.29) is 4.91 Å². The average Bonchev–Trinajstić information content (AvgIpc) is 3.07. The summed E-state index contributed by atoms with van der Waals surface area (Å²) in [6, 6.07) is 6.51. The van der Waals surface area contributed by atoms with Gasteiger partial charge in [-0.3, -0.25) is 19.3 Å². The van der Waals surface area contributed by atoms with E-state index in [1.54, 1.807) is 18.2 Å². The van der Waals surface area contributed by atoms with Crippen LogP contribution >= 0.6 is 11.8 Å². The van der Waals surface area contributed by atoms with Crippen molar-refractivity contribution < 1.29 is 37.0 Å². The van der Waals surface area contributed by atoms with Gasteiger partial charge in [-0.1, -0.05) is 19.4 Å².